The molecule has 0 radical (unpaired) electrons. The van der Waals surface area contributed by atoms with Gasteiger partial charge in [0.25, 0.3) is 0 Å². The maximum atomic E-state index is 9.38. The van der Waals surface area contributed by atoms with Crippen LogP contribution in [0.15, 0.2) is 18.2 Å². The summed E-state index contributed by atoms with van der Waals surface area (Å²) in [5, 5.41) is 12.6. The molecule has 3 nitrogen and oxygen atoms in total. The van der Waals surface area contributed by atoms with Crippen molar-refractivity contribution in [3.63, 3.8) is 0 Å². The lowest BCUT2D eigenvalue weighted by molar-refractivity contribution is 0.164. The van der Waals surface area contributed by atoms with Gasteiger partial charge in [-0.3, -0.25) is 0 Å². The molecule has 0 heterocycles. The quantitative estimate of drug-likeness (QED) is 0.650. The third-order valence-electron chi connectivity index (χ3n) is 2.38. The SMILES string of the molecule is CCC(O)CCNc1cc(C)cc(N)c1. The van der Waals surface area contributed by atoms with Crippen LogP contribution in [0.3, 0.4) is 0 Å². The summed E-state index contributed by atoms with van der Waals surface area (Å²) < 4.78 is 0. The second-order valence-corrected chi connectivity index (χ2v) is 3.91. The van der Waals surface area contributed by atoms with E-state index in [-0.39, 0.29) is 6.10 Å². The van der Waals surface area contributed by atoms with Crippen molar-refractivity contribution in [1.82, 2.24) is 0 Å². The van der Waals surface area contributed by atoms with Crippen molar-refractivity contribution in [2.75, 3.05) is 17.6 Å². The summed E-state index contributed by atoms with van der Waals surface area (Å²) in [5.41, 5.74) is 8.67. The van der Waals surface area contributed by atoms with E-state index in [2.05, 4.69) is 11.4 Å². The first-order valence-corrected chi connectivity index (χ1v) is 5.41. The molecule has 3 heteroatoms. The molecule has 0 spiro atoms. The molecule has 0 aliphatic carbocycles. The van der Waals surface area contributed by atoms with Crippen molar-refractivity contribution in [2.24, 2.45) is 0 Å². The Morgan fingerprint density at radius 1 is 1.40 bits per heavy atom. The van der Waals surface area contributed by atoms with Crippen molar-refractivity contribution >= 4 is 11.4 Å². The average molecular weight is 208 g/mol. The predicted molar refractivity (Wildman–Crippen MR) is 65.0 cm³/mol. The number of hydrogen-bond acceptors (Lipinski definition) is 3. The number of hydrogen-bond donors (Lipinski definition) is 3. The molecule has 1 unspecified atom stereocenters. The number of nitrogen functional groups attached to an aromatic ring is 1. The van der Waals surface area contributed by atoms with Crippen LogP contribution in [0.2, 0.25) is 0 Å². The van der Waals surface area contributed by atoms with Crippen molar-refractivity contribution < 1.29 is 5.11 Å². The topological polar surface area (TPSA) is 58.3 Å². The van der Waals surface area contributed by atoms with Crippen molar-refractivity contribution in [2.45, 2.75) is 32.8 Å². The van der Waals surface area contributed by atoms with E-state index in [1.165, 1.54) is 0 Å². The molecule has 0 fully saturated rings. The highest BCUT2D eigenvalue weighted by Gasteiger charge is 2.00. The van der Waals surface area contributed by atoms with E-state index in [0.29, 0.717) is 0 Å². The number of rotatable bonds is 5. The summed E-state index contributed by atoms with van der Waals surface area (Å²) in [5.74, 6) is 0. The monoisotopic (exact) mass is 208 g/mol. The van der Waals surface area contributed by atoms with Crippen LogP contribution >= 0.6 is 0 Å². The molecule has 1 rings (SSSR count). The van der Waals surface area contributed by atoms with Gasteiger partial charge in [-0.1, -0.05) is 6.92 Å². The lowest BCUT2D eigenvalue weighted by Crippen LogP contribution is -2.12. The van der Waals surface area contributed by atoms with Crippen LogP contribution in [-0.2, 0) is 0 Å². The van der Waals surface area contributed by atoms with E-state index in [0.717, 1.165) is 36.3 Å². The lowest BCUT2D eigenvalue weighted by atomic mass is 10.2. The van der Waals surface area contributed by atoms with E-state index in [1.54, 1.807) is 0 Å². The molecule has 0 aromatic heterocycles. The summed E-state index contributed by atoms with van der Waals surface area (Å²) in [6.07, 6.45) is 1.36. The molecule has 0 aliphatic heterocycles. The van der Waals surface area contributed by atoms with Crippen molar-refractivity contribution in [3.05, 3.63) is 23.8 Å². The molecule has 1 aromatic rings. The second-order valence-electron chi connectivity index (χ2n) is 3.91. The van der Waals surface area contributed by atoms with Gasteiger partial charge in [-0.2, -0.15) is 0 Å². The van der Waals surface area contributed by atoms with Crippen LogP contribution < -0.4 is 11.1 Å². The fraction of sp³-hybridized carbons (Fsp3) is 0.500. The first kappa shape index (κ1) is 11.9. The van der Waals surface area contributed by atoms with Crippen LogP contribution in [0, 0.1) is 6.92 Å². The van der Waals surface area contributed by atoms with Crippen LogP contribution in [0.5, 0.6) is 0 Å². The molecule has 84 valence electrons. The number of anilines is 2. The zero-order valence-electron chi connectivity index (χ0n) is 9.46. The molecule has 0 aliphatic rings. The number of nitrogens with two attached hydrogens (primary N) is 1. The molecule has 0 saturated carbocycles. The largest absolute Gasteiger partial charge is 0.399 e. The maximum Gasteiger partial charge on any atom is 0.0554 e. The van der Waals surface area contributed by atoms with Gasteiger partial charge in [0, 0.05) is 17.9 Å². The lowest BCUT2D eigenvalue weighted by Gasteiger charge is -2.11. The standard InChI is InChI=1S/C12H20N2O/c1-3-12(15)4-5-14-11-7-9(2)6-10(13)8-11/h6-8,12,14-15H,3-5,13H2,1-2H3. The molecule has 1 atom stereocenters. The predicted octanol–water partition coefficient (Wildman–Crippen LogP) is 2.15. The Balaban J connectivity index is 2.43. The summed E-state index contributed by atoms with van der Waals surface area (Å²) in [6.45, 7) is 4.77. The number of aliphatic hydroxyl groups excluding tert-OH is 1. The fourth-order valence-corrected chi connectivity index (χ4v) is 1.50. The summed E-state index contributed by atoms with van der Waals surface area (Å²) in [7, 11) is 0. The van der Waals surface area contributed by atoms with E-state index >= 15 is 0 Å². The van der Waals surface area contributed by atoms with Crippen LogP contribution in [0.25, 0.3) is 0 Å². The minimum atomic E-state index is -0.209. The molecule has 15 heavy (non-hydrogen) atoms. The molecule has 0 bridgehead atoms. The Hall–Kier alpha value is -1.22. The summed E-state index contributed by atoms with van der Waals surface area (Å²) in [6, 6.07) is 5.89. The zero-order valence-corrected chi connectivity index (χ0v) is 9.46. The van der Waals surface area contributed by atoms with Crippen molar-refractivity contribution in [3.8, 4) is 0 Å². The van der Waals surface area contributed by atoms with Gasteiger partial charge in [0.1, 0.15) is 0 Å². The smallest absolute Gasteiger partial charge is 0.0554 e. The first-order valence-electron chi connectivity index (χ1n) is 5.41. The summed E-state index contributed by atoms with van der Waals surface area (Å²) >= 11 is 0. The van der Waals surface area contributed by atoms with E-state index in [9.17, 15) is 5.11 Å². The summed E-state index contributed by atoms with van der Waals surface area (Å²) in [4.78, 5) is 0. The third kappa shape index (κ3) is 4.21. The molecular weight excluding hydrogens is 188 g/mol. The van der Waals surface area contributed by atoms with E-state index in [1.807, 2.05) is 26.0 Å². The van der Waals surface area contributed by atoms with Crippen LogP contribution in [0.4, 0.5) is 11.4 Å². The molecular formula is C12H20N2O. The van der Waals surface area contributed by atoms with Gasteiger partial charge in [-0.15, -0.1) is 0 Å². The normalized spacial score (nSPS) is 12.5. The maximum absolute atomic E-state index is 9.38. The number of aliphatic hydroxyl groups is 1. The Labute approximate surface area is 91.3 Å². The Morgan fingerprint density at radius 2 is 2.13 bits per heavy atom. The Kier molecular flexibility index (Phi) is 4.43. The Bertz CT molecular complexity index is 292. The average Bonchev–Trinajstić information content (AvgIpc) is 2.16. The minimum absolute atomic E-state index is 0.209. The molecule has 0 saturated heterocycles. The fourth-order valence-electron chi connectivity index (χ4n) is 1.50. The molecule has 0 amide bonds. The second kappa shape index (κ2) is 5.61. The zero-order chi connectivity index (χ0) is 11.3. The molecule has 4 N–H and O–H groups in total. The van der Waals surface area contributed by atoms with Gasteiger partial charge in [0.15, 0.2) is 0 Å². The van der Waals surface area contributed by atoms with Crippen molar-refractivity contribution in [1.29, 1.82) is 0 Å². The first-order chi connectivity index (χ1) is 7.11. The number of nitrogens with one attached hydrogen (secondary N) is 1. The number of benzene rings is 1. The number of aryl methyl sites for hydroxylation is 1. The van der Waals surface area contributed by atoms with Gasteiger partial charge in [-0.25, -0.2) is 0 Å². The highest BCUT2D eigenvalue weighted by molar-refractivity contribution is 5.56. The van der Waals surface area contributed by atoms with Gasteiger partial charge >= 0.3 is 0 Å². The van der Waals surface area contributed by atoms with Gasteiger partial charge in [0.2, 0.25) is 0 Å². The minimum Gasteiger partial charge on any atom is -0.399 e. The van der Waals surface area contributed by atoms with Gasteiger partial charge < -0.3 is 16.2 Å². The third-order valence-corrected chi connectivity index (χ3v) is 2.38. The molecule has 1 aromatic carbocycles. The highest BCUT2D eigenvalue weighted by atomic mass is 16.3. The highest BCUT2D eigenvalue weighted by Crippen LogP contribution is 2.15. The Morgan fingerprint density at radius 3 is 2.73 bits per heavy atom. The van der Waals surface area contributed by atoms with Crippen LogP contribution in [0.1, 0.15) is 25.3 Å². The van der Waals surface area contributed by atoms with Crippen LogP contribution in [-0.4, -0.2) is 17.8 Å². The van der Waals surface area contributed by atoms with Gasteiger partial charge in [-0.05, 0) is 43.5 Å². The van der Waals surface area contributed by atoms with E-state index in [4.69, 9.17) is 5.73 Å². The van der Waals surface area contributed by atoms with E-state index < -0.39 is 0 Å². The van der Waals surface area contributed by atoms with Gasteiger partial charge in [0.05, 0.1) is 6.10 Å².